The Kier molecular flexibility index (Phi) is 5.83. The van der Waals surface area contributed by atoms with E-state index in [0.717, 1.165) is 30.0 Å². The highest BCUT2D eigenvalue weighted by molar-refractivity contribution is 8.50. The van der Waals surface area contributed by atoms with Crippen molar-refractivity contribution >= 4 is 18.6 Å². The SMILES string of the molecule is CCCCS[P+](=O)O. The molecule has 0 saturated heterocycles. The van der Waals surface area contributed by atoms with Gasteiger partial charge in [0.15, 0.2) is 11.4 Å². The van der Waals surface area contributed by atoms with Crippen molar-refractivity contribution in [3.63, 3.8) is 0 Å². The maximum Gasteiger partial charge on any atom is 0.582 e. The van der Waals surface area contributed by atoms with Crippen LogP contribution in [0, 0.1) is 0 Å². The predicted octanol–water partition coefficient (Wildman–Crippen LogP) is 2.17. The maximum atomic E-state index is 9.99. The van der Waals surface area contributed by atoms with E-state index >= 15 is 0 Å². The van der Waals surface area contributed by atoms with Crippen LogP contribution in [-0.4, -0.2) is 10.6 Å². The van der Waals surface area contributed by atoms with E-state index in [1.165, 1.54) is 0 Å². The first-order valence-electron chi connectivity index (χ1n) is 2.56. The third-order valence-corrected chi connectivity index (χ3v) is 2.60. The predicted molar refractivity (Wildman–Crippen MR) is 37.2 cm³/mol. The van der Waals surface area contributed by atoms with Gasteiger partial charge in [-0.15, -0.1) is 0 Å². The van der Waals surface area contributed by atoms with Gasteiger partial charge in [-0.2, -0.15) is 4.89 Å². The molecule has 0 aromatic carbocycles. The van der Waals surface area contributed by atoms with E-state index in [2.05, 4.69) is 6.92 Å². The summed E-state index contributed by atoms with van der Waals surface area (Å²) in [6, 6.07) is 0. The van der Waals surface area contributed by atoms with Gasteiger partial charge in [0, 0.05) is 5.75 Å². The third-order valence-electron chi connectivity index (χ3n) is 0.700. The van der Waals surface area contributed by atoms with Crippen molar-refractivity contribution in [2.45, 2.75) is 19.8 Å². The highest BCUT2D eigenvalue weighted by Crippen LogP contribution is 2.32. The Balaban J connectivity index is 2.82. The second-order valence-corrected chi connectivity index (χ2v) is 4.28. The van der Waals surface area contributed by atoms with Gasteiger partial charge in [-0.1, -0.05) is 13.3 Å². The summed E-state index contributed by atoms with van der Waals surface area (Å²) in [7, 11) is -1.95. The zero-order valence-corrected chi connectivity index (χ0v) is 6.54. The molecule has 1 N–H and O–H groups in total. The van der Waals surface area contributed by atoms with Gasteiger partial charge in [0.05, 0.1) is 0 Å². The van der Waals surface area contributed by atoms with Gasteiger partial charge in [0.1, 0.15) is 0 Å². The summed E-state index contributed by atoms with van der Waals surface area (Å²) in [5, 5.41) is 0. The Morgan fingerprint density at radius 1 is 1.75 bits per heavy atom. The van der Waals surface area contributed by atoms with Gasteiger partial charge in [0.25, 0.3) is 0 Å². The number of hydrogen-bond donors (Lipinski definition) is 1. The minimum absolute atomic E-state index is 0.808. The summed E-state index contributed by atoms with van der Waals surface area (Å²) in [5.74, 6) is 0.808. The molecule has 0 aliphatic rings. The van der Waals surface area contributed by atoms with E-state index in [1.54, 1.807) is 0 Å². The molecule has 0 heterocycles. The maximum absolute atomic E-state index is 9.99. The molecule has 0 bridgehead atoms. The van der Waals surface area contributed by atoms with Crippen LogP contribution in [0.5, 0.6) is 0 Å². The largest absolute Gasteiger partial charge is 0.582 e. The van der Waals surface area contributed by atoms with Crippen molar-refractivity contribution < 1.29 is 9.46 Å². The van der Waals surface area contributed by atoms with Gasteiger partial charge in [0.2, 0.25) is 0 Å². The minimum atomic E-state index is -1.95. The van der Waals surface area contributed by atoms with Crippen LogP contribution in [0.3, 0.4) is 0 Å². The molecule has 0 aliphatic heterocycles. The molecule has 0 spiro atoms. The Labute approximate surface area is 54.3 Å². The minimum Gasteiger partial charge on any atom is -0.151 e. The molecule has 2 nitrogen and oxygen atoms in total. The smallest absolute Gasteiger partial charge is 0.151 e. The molecule has 0 radical (unpaired) electrons. The third kappa shape index (κ3) is 6.41. The molecule has 1 atom stereocenters. The molecule has 0 rings (SSSR count). The lowest BCUT2D eigenvalue weighted by Gasteiger charge is -1.81. The van der Waals surface area contributed by atoms with E-state index < -0.39 is 7.23 Å². The fourth-order valence-corrected chi connectivity index (χ4v) is 1.72. The fraction of sp³-hybridized carbons (Fsp3) is 1.00. The normalized spacial score (nSPS) is 11.5. The average molecular weight is 153 g/mol. The highest BCUT2D eigenvalue weighted by Gasteiger charge is 2.09. The molecular formula is C4H10O2PS+. The van der Waals surface area contributed by atoms with Crippen LogP contribution in [0.1, 0.15) is 19.8 Å². The van der Waals surface area contributed by atoms with Crippen LogP contribution in [-0.2, 0) is 4.57 Å². The number of unbranched alkanes of at least 4 members (excludes halogenated alkanes) is 1. The molecule has 48 valence electrons. The van der Waals surface area contributed by atoms with Crippen molar-refractivity contribution in [2.24, 2.45) is 0 Å². The Morgan fingerprint density at radius 3 is 2.75 bits per heavy atom. The fourth-order valence-electron chi connectivity index (χ4n) is 0.287. The second kappa shape index (κ2) is 5.54. The van der Waals surface area contributed by atoms with Crippen LogP contribution in [0.4, 0.5) is 0 Å². The molecule has 1 unspecified atom stereocenters. The van der Waals surface area contributed by atoms with Crippen LogP contribution in [0.25, 0.3) is 0 Å². The standard InChI is InChI=1S/C4H9O2PS/c1-2-3-4-8-7(5)6/h2-4H2,1H3/p+1. The van der Waals surface area contributed by atoms with Gasteiger partial charge in [-0.05, 0) is 11.0 Å². The van der Waals surface area contributed by atoms with Gasteiger partial charge in [-0.3, -0.25) is 0 Å². The first kappa shape index (κ1) is 8.41. The van der Waals surface area contributed by atoms with E-state index in [1.807, 2.05) is 0 Å². The molecular weight excluding hydrogens is 143 g/mol. The molecule has 0 saturated carbocycles. The highest BCUT2D eigenvalue weighted by atomic mass is 32.7. The van der Waals surface area contributed by atoms with Gasteiger partial charge >= 0.3 is 7.23 Å². The number of rotatable bonds is 4. The van der Waals surface area contributed by atoms with E-state index in [-0.39, 0.29) is 0 Å². The van der Waals surface area contributed by atoms with Crippen LogP contribution >= 0.6 is 18.6 Å². The summed E-state index contributed by atoms with van der Waals surface area (Å²) in [5.41, 5.74) is 0. The summed E-state index contributed by atoms with van der Waals surface area (Å²) < 4.78 is 9.99. The van der Waals surface area contributed by atoms with Crippen LogP contribution < -0.4 is 0 Å². The Morgan fingerprint density at radius 2 is 2.38 bits per heavy atom. The molecule has 0 aromatic heterocycles. The van der Waals surface area contributed by atoms with Gasteiger partial charge < -0.3 is 0 Å². The zero-order valence-electron chi connectivity index (χ0n) is 4.83. The van der Waals surface area contributed by atoms with E-state index in [9.17, 15) is 4.57 Å². The topological polar surface area (TPSA) is 37.3 Å². The Bertz CT molecular complexity index is 76.4. The molecule has 0 amide bonds. The van der Waals surface area contributed by atoms with E-state index in [4.69, 9.17) is 4.89 Å². The van der Waals surface area contributed by atoms with Crippen molar-refractivity contribution in [3.05, 3.63) is 0 Å². The first-order chi connectivity index (χ1) is 3.77. The second-order valence-electron chi connectivity index (χ2n) is 1.42. The van der Waals surface area contributed by atoms with Crippen molar-refractivity contribution in [2.75, 3.05) is 5.75 Å². The summed E-state index contributed by atoms with van der Waals surface area (Å²) in [4.78, 5) is 8.25. The van der Waals surface area contributed by atoms with Gasteiger partial charge in [-0.25, -0.2) is 0 Å². The number of hydrogen-bond acceptors (Lipinski definition) is 2. The lowest BCUT2D eigenvalue weighted by atomic mass is 10.4. The molecule has 0 fully saturated rings. The van der Waals surface area contributed by atoms with Crippen molar-refractivity contribution in [1.82, 2.24) is 0 Å². The summed E-state index contributed by atoms with van der Waals surface area (Å²) in [6.07, 6.45) is 2.13. The molecule has 0 aliphatic carbocycles. The molecule has 8 heavy (non-hydrogen) atoms. The Hall–Kier alpha value is 0.410. The lowest BCUT2D eigenvalue weighted by molar-refractivity contribution is 0.519. The molecule has 4 heteroatoms. The monoisotopic (exact) mass is 153 g/mol. The van der Waals surface area contributed by atoms with Crippen molar-refractivity contribution in [1.29, 1.82) is 0 Å². The summed E-state index contributed by atoms with van der Waals surface area (Å²) in [6.45, 7) is 2.06. The summed E-state index contributed by atoms with van der Waals surface area (Å²) >= 11 is 1.12. The van der Waals surface area contributed by atoms with E-state index in [0.29, 0.717) is 0 Å². The quantitative estimate of drug-likeness (QED) is 0.496. The molecule has 0 aromatic rings. The average Bonchev–Trinajstić information content (AvgIpc) is 1.66. The van der Waals surface area contributed by atoms with Crippen LogP contribution in [0.15, 0.2) is 0 Å². The van der Waals surface area contributed by atoms with Crippen molar-refractivity contribution in [3.8, 4) is 0 Å². The first-order valence-corrected chi connectivity index (χ1v) is 5.36. The zero-order chi connectivity index (χ0) is 6.41. The lowest BCUT2D eigenvalue weighted by Crippen LogP contribution is -1.71. The van der Waals surface area contributed by atoms with Crippen LogP contribution in [0.2, 0.25) is 0 Å².